The van der Waals surface area contributed by atoms with Crippen LogP contribution >= 0.6 is 34.8 Å². The number of hydrogen-bond acceptors (Lipinski definition) is 6. The van der Waals surface area contributed by atoms with Crippen LogP contribution in [0.2, 0.25) is 15.1 Å². The lowest BCUT2D eigenvalue weighted by Crippen LogP contribution is -2.29. The van der Waals surface area contributed by atoms with Crippen molar-refractivity contribution in [3.8, 4) is 0 Å². The summed E-state index contributed by atoms with van der Waals surface area (Å²) in [5.74, 6) is -1.21. The Morgan fingerprint density at radius 3 is 2.54 bits per heavy atom. The van der Waals surface area contributed by atoms with Crippen LogP contribution in [0.1, 0.15) is 24.0 Å². The molecule has 4 N–H and O–H groups in total. The first kappa shape index (κ1) is 18.6. The summed E-state index contributed by atoms with van der Waals surface area (Å²) in [6.07, 6.45) is 0. The Balaban J connectivity index is 2.42. The molecule has 2 heterocycles. The maximum atomic E-state index is 12.5. The van der Waals surface area contributed by atoms with E-state index in [-0.39, 0.29) is 32.3 Å². The summed E-state index contributed by atoms with van der Waals surface area (Å²) in [6.45, 7) is 1.65. The number of fused-ring (bicyclic) bond motifs is 1. The fourth-order valence-corrected chi connectivity index (χ4v) is 3.72. The van der Waals surface area contributed by atoms with Crippen LogP contribution in [-0.4, -0.2) is 23.0 Å². The standard InChI is InChI=1S/C16H13Cl3N4O3/c1-5-8(15(24)26-2)10(9-6(17)3-4-7(18)12(9)19)11-13(20)22-16(25)23-14(11)21-5/h3-4,10H,1-2H3,(H4,20,21,22,23,25). The van der Waals surface area contributed by atoms with E-state index >= 15 is 0 Å². The summed E-state index contributed by atoms with van der Waals surface area (Å²) in [4.78, 5) is 30.5. The number of nitrogens with one attached hydrogen (secondary N) is 2. The van der Waals surface area contributed by atoms with Crippen LogP contribution in [0.15, 0.2) is 28.2 Å². The van der Waals surface area contributed by atoms with E-state index in [4.69, 9.17) is 45.3 Å². The minimum absolute atomic E-state index is 0.0264. The fourth-order valence-electron chi connectivity index (χ4n) is 2.97. The van der Waals surface area contributed by atoms with Crippen LogP contribution in [0, 0.1) is 0 Å². The van der Waals surface area contributed by atoms with Gasteiger partial charge >= 0.3 is 11.7 Å². The molecule has 1 unspecified atom stereocenters. The number of methoxy groups -OCH3 is 1. The molecule has 7 nitrogen and oxygen atoms in total. The van der Waals surface area contributed by atoms with Crippen molar-refractivity contribution < 1.29 is 9.53 Å². The van der Waals surface area contributed by atoms with Crippen molar-refractivity contribution in [3.05, 3.63) is 60.1 Å². The molecule has 1 aromatic heterocycles. The molecule has 1 aromatic carbocycles. The van der Waals surface area contributed by atoms with E-state index in [1.807, 2.05) is 0 Å². The van der Waals surface area contributed by atoms with E-state index in [9.17, 15) is 9.59 Å². The number of H-pyrrole nitrogens is 1. The van der Waals surface area contributed by atoms with Gasteiger partial charge in [0.05, 0.1) is 28.6 Å². The summed E-state index contributed by atoms with van der Waals surface area (Å²) in [5.41, 5.74) is 6.77. The molecule has 0 radical (unpaired) electrons. The normalized spacial score (nSPS) is 16.1. The first-order chi connectivity index (χ1) is 12.3. The number of aromatic nitrogens is 2. The number of allylic oxidation sites excluding steroid dienone is 1. The quantitative estimate of drug-likeness (QED) is 0.513. The second kappa shape index (κ2) is 6.83. The van der Waals surface area contributed by atoms with E-state index in [1.54, 1.807) is 19.1 Å². The van der Waals surface area contributed by atoms with E-state index < -0.39 is 17.6 Å². The van der Waals surface area contributed by atoms with Crippen LogP contribution in [0.3, 0.4) is 0 Å². The molecule has 0 aliphatic carbocycles. The molecule has 1 atom stereocenters. The summed E-state index contributed by atoms with van der Waals surface area (Å²) in [5, 5.41) is 3.60. The number of rotatable bonds is 2. The number of ether oxygens (including phenoxy) is 1. The highest BCUT2D eigenvalue weighted by atomic mass is 35.5. The summed E-state index contributed by atoms with van der Waals surface area (Å²) >= 11 is 18.9. The number of benzene rings is 1. The maximum absolute atomic E-state index is 12.5. The third-order valence-electron chi connectivity index (χ3n) is 4.06. The average molecular weight is 416 g/mol. The number of aromatic amines is 1. The predicted octanol–water partition coefficient (Wildman–Crippen LogP) is 3.32. The molecule has 0 bridgehead atoms. The molecular weight excluding hydrogens is 403 g/mol. The largest absolute Gasteiger partial charge is 0.466 e. The van der Waals surface area contributed by atoms with Crippen LogP contribution in [0.4, 0.5) is 11.6 Å². The number of carbonyl (C=O) groups is 1. The Morgan fingerprint density at radius 2 is 1.88 bits per heavy atom. The Hall–Kier alpha value is -2.22. The second-order valence-corrected chi connectivity index (χ2v) is 6.76. The molecule has 26 heavy (non-hydrogen) atoms. The molecule has 1 aliphatic rings. The molecule has 2 aromatic rings. The number of hydrogen-bond donors (Lipinski definition) is 3. The first-order valence-corrected chi connectivity index (χ1v) is 8.48. The molecule has 0 amide bonds. The number of carbonyl (C=O) groups excluding carboxylic acids is 1. The van der Waals surface area contributed by atoms with Gasteiger partial charge < -0.3 is 15.8 Å². The number of halogens is 3. The van der Waals surface area contributed by atoms with Crippen molar-refractivity contribution in [2.45, 2.75) is 12.8 Å². The molecular formula is C16H13Cl3N4O3. The lowest BCUT2D eigenvalue weighted by molar-refractivity contribution is -0.136. The highest BCUT2D eigenvalue weighted by Gasteiger charge is 2.38. The summed E-state index contributed by atoms with van der Waals surface area (Å²) in [6, 6.07) is 3.10. The first-order valence-electron chi connectivity index (χ1n) is 7.35. The summed E-state index contributed by atoms with van der Waals surface area (Å²) in [7, 11) is 1.25. The van der Waals surface area contributed by atoms with Gasteiger partial charge in [-0.1, -0.05) is 34.8 Å². The Kier molecular flexibility index (Phi) is 4.88. The van der Waals surface area contributed by atoms with E-state index in [2.05, 4.69) is 15.3 Å². The number of nitrogens with two attached hydrogens (primary N) is 1. The van der Waals surface area contributed by atoms with Crippen molar-refractivity contribution in [2.75, 3.05) is 18.2 Å². The van der Waals surface area contributed by atoms with Gasteiger partial charge in [0, 0.05) is 21.8 Å². The lowest BCUT2D eigenvalue weighted by Gasteiger charge is -2.30. The van der Waals surface area contributed by atoms with Crippen molar-refractivity contribution in [1.82, 2.24) is 9.97 Å². The zero-order valence-corrected chi connectivity index (χ0v) is 15.9. The van der Waals surface area contributed by atoms with Gasteiger partial charge in [-0.25, -0.2) is 9.59 Å². The Labute approximate surface area is 163 Å². The fraction of sp³-hybridized carbons (Fsp3) is 0.188. The highest BCUT2D eigenvalue weighted by Crippen LogP contribution is 2.48. The van der Waals surface area contributed by atoms with Crippen LogP contribution in [0.25, 0.3) is 0 Å². The molecule has 0 saturated carbocycles. The van der Waals surface area contributed by atoms with Gasteiger partial charge in [-0.15, -0.1) is 0 Å². The molecule has 0 fully saturated rings. The Bertz CT molecular complexity index is 1020. The molecule has 10 heteroatoms. The smallest absolute Gasteiger partial charge is 0.348 e. The third-order valence-corrected chi connectivity index (χ3v) is 5.21. The molecule has 0 saturated heterocycles. The minimum Gasteiger partial charge on any atom is -0.466 e. The van der Waals surface area contributed by atoms with Gasteiger partial charge in [0.15, 0.2) is 0 Å². The van der Waals surface area contributed by atoms with Gasteiger partial charge in [-0.05, 0) is 19.1 Å². The van der Waals surface area contributed by atoms with E-state index in [0.29, 0.717) is 16.8 Å². The molecule has 136 valence electrons. The van der Waals surface area contributed by atoms with Gasteiger partial charge in [0.25, 0.3) is 0 Å². The number of anilines is 2. The number of nitrogens with zero attached hydrogens (tertiary/aromatic N) is 1. The predicted molar refractivity (Wildman–Crippen MR) is 101 cm³/mol. The molecule has 0 spiro atoms. The maximum Gasteiger partial charge on any atom is 0.348 e. The number of esters is 1. The monoisotopic (exact) mass is 414 g/mol. The van der Waals surface area contributed by atoms with E-state index in [0.717, 1.165) is 0 Å². The average Bonchev–Trinajstić information content (AvgIpc) is 2.57. The van der Waals surface area contributed by atoms with Crippen molar-refractivity contribution >= 4 is 52.4 Å². The summed E-state index contributed by atoms with van der Waals surface area (Å²) < 4.78 is 4.91. The number of nitrogen functional groups attached to an aromatic ring is 1. The van der Waals surface area contributed by atoms with Gasteiger partial charge in [0.1, 0.15) is 11.6 Å². The zero-order valence-electron chi connectivity index (χ0n) is 13.6. The van der Waals surface area contributed by atoms with E-state index in [1.165, 1.54) is 7.11 Å². The molecule has 3 rings (SSSR count). The third kappa shape index (κ3) is 2.92. The van der Waals surface area contributed by atoms with Crippen molar-refractivity contribution in [1.29, 1.82) is 0 Å². The van der Waals surface area contributed by atoms with Gasteiger partial charge in [-0.2, -0.15) is 4.98 Å². The van der Waals surface area contributed by atoms with Gasteiger partial charge in [0.2, 0.25) is 0 Å². The van der Waals surface area contributed by atoms with Crippen molar-refractivity contribution in [2.24, 2.45) is 0 Å². The topological polar surface area (TPSA) is 110 Å². The SMILES string of the molecule is COC(=O)C1=C(C)Nc2nc(=O)[nH]c(N)c2C1c1c(Cl)ccc(Cl)c1Cl. The van der Waals surface area contributed by atoms with Crippen LogP contribution < -0.4 is 16.7 Å². The van der Waals surface area contributed by atoms with Gasteiger partial charge in [-0.3, -0.25) is 4.98 Å². The van der Waals surface area contributed by atoms with Crippen molar-refractivity contribution in [3.63, 3.8) is 0 Å². The minimum atomic E-state index is -0.832. The van der Waals surface area contributed by atoms with Crippen LogP contribution in [-0.2, 0) is 9.53 Å². The second-order valence-electron chi connectivity index (χ2n) is 5.56. The Morgan fingerprint density at radius 1 is 1.23 bits per heavy atom. The highest BCUT2D eigenvalue weighted by molar-refractivity contribution is 6.44. The lowest BCUT2D eigenvalue weighted by atomic mass is 9.81. The molecule has 1 aliphatic heterocycles. The zero-order chi connectivity index (χ0) is 19.2. The van der Waals surface area contributed by atoms with Crippen LogP contribution in [0.5, 0.6) is 0 Å².